The molecule has 0 aliphatic rings. The van der Waals surface area contributed by atoms with Gasteiger partial charge in [-0.25, -0.2) is 4.79 Å². The first kappa shape index (κ1) is 19.7. The van der Waals surface area contributed by atoms with Gasteiger partial charge in [0.05, 0.1) is 0 Å². The van der Waals surface area contributed by atoms with Crippen LogP contribution in [0.4, 0.5) is 10.5 Å². The number of rotatable bonds is 5. The van der Waals surface area contributed by atoms with Gasteiger partial charge in [-0.05, 0) is 42.6 Å². The maximum atomic E-state index is 12.1. The van der Waals surface area contributed by atoms with Crippen molar-refractivity contribution in [2.75, 3.05) is 5.32 Å². The second-order valence-electron chi connectivity index (χ2n) is 5.76. The van der Waals surface area contributed by atoms with Crippen molar-refractivity contribution in [2.24, 2.45) is 11.7 Å². The summed E-state index contributed by atoms with van der Waals surface area (Å²) in [6.45, 7) is 7.64. The molecule has 7 nitrogen and oxygen atoms in total. The average Bonchev–Trinajstić information content (AvgIpc) is 2.51. The number of nitrogens with two attached hydrogens (primary N) is 1. The van der Waals surface area contributed by atoms with E-state index in [1.54, 1.807) is 13.8 Å². The molecular weight excluding hydrogens is 326 g/mol. The molecule has 0 bridgehead atoms. The third-order valence-electron chi connectivity index (χ3n) is 3.52. The third-order valence-corrected chi connectivity index (χ3v) is 3.73. The maximum Gasteiger partial charge on any atom is 0.312 e. The Balaban J connectivity index is 2.66. The van der Waals surface area contributed by atoms with E-state index in [2.05, 4.69) is 28.4 Å². The summed E-state index contributed by atoms with van der Waals surface area (Å²) in [5.41, 5.74) is 13.3. The van der Waals surface area contributed by atoms with Crippen LogP contribution in [0.15, 0.2) is 18.2 Å². The van der Waals surface area contributed by atoms with Gasteiger partial charge in [0.25, 0.3) is 5.91 Å². The summed E-state index contributed by atoms with van der Waals surface area (Å²) in [6.07, 6.45) is 0.858. The lowest BCUT2D eigenvalue weighted by atomic mass is 10.0. The zero-order chi connectivity index (χ0) is 18.3. The summed E-state index contributed by atoms with van der Waals surface area (Å²) in [5, 5.41) is 5.75. The van der Waals surface area contributed by atoms with E-state index in [1.807, 2.05) is 25.1 Å². The Hall–Kier alpha value is -2.35. The van der Waals surface area contributed by atoms with Crippen LogP contribution in [0.5, 0.6) is 0 Å². The van der Waals surface area contributed by atoms with Crippen molar-refractivity contribution in [1.82, 2.24) is 16.2 Å². The van der Waals surface area contributed by atoms with E-state index in [0.717, 1.165) is 23.2 Å². The number of carbonyl (C=O) groups excluding carboxylic acids is 2. The minimum Gasteiger partial charge on any atom is -0.352 e. The smallest absolute Gasteiger partial charge is 0.312 e. The molecule has 132 valence electrons. The van der Waals surface area contributed by atoms with Gasteiger partial charge in [-0.1, -0.05) is 39.0 Å². The Morgan fingerprint density at radius 1 is 1.25 bits per heavy atom. The van der Waals surface area contributed by atoms with Crippen molar-refractivity contribution in [3.63, 3.8) is 0 Å². The largest absolute Gasteiger partial charge is 0.352 e. The van der Waals surface area contributed by atoms with Crippen LogP contribution in [0.3, 0.4) is 0 Å². The van der Waals surface area contributed by atoms with Crippen molar-refractivity contribution >= 4 is 35.0 Å². The predicted molar refractivity (Wildman–Crippen MR) is 99.4 cm³/mol. The first-order valence-electron chi connectivity index (χ1n) is 7.77. The van der Waals surface area contributed by atoms with Gasteiger partial charge in [-0.3, -0.25) is 15.6 Å². The number of carbonyl (C=O) groups is 2. The monoisotopic (exact) mass is 351 g/mol. The van der Waals surface area contributed by atoms with Gasteiger partial charge < -0.3 is 16.4 Å². The molecule has 1 rings (SSSR count). The number of hydrogen-bond donors (Lipinski definition) is 5. The number of benzene rings is 1. The molecule has 0 aliphatic heterocycles. The van der Waals surface area contributed by atoms with Crippen LogP contribution in [0, 0.1) is 12.8 Å². The maximum absolute atomic E-state index is 12.1. The minimum atomic E-state index is -0.753. The molecule has 8 heteroatoms. The van der Waals surface area contributed by atoms with Crippen LogP contribution in [-0.4, -0.2) is 23.1 Å². The van der Waals surface area contributed by atoms with Gasteiger partial charge in [-0.2, -0.15) is 0 Å². The SMILES string of the molecule is CCc1cccc(C)c1NC(=S)NNC(=O)[C@@H](NC(N)=O)C(C)C. The van der Waals surface area contributed by atoms with E-state index in [1.165, 1.54) is 0 Å². The van der Waals surface area contributed by atoms with E-state index in [9.17, 15) is 9.59 Å². The predicted octanol–water partition coefficient (Wildman–Crippen LogP) is 1.57. The molecule has 1 aromatic carbocycles. The highest BCUT2D eigenvalue weighted by Gasteiger charge is 2.23. The topological polar surface area (TPSA) is 108 Å². The van der Waals surface area contributed by atoms with Crippen LogP contribution in [0.2, 0.25) is 0 Å². The van der Waals surface area contributed by atoms with E-state index in [4.69, 9.17) is 18.0 Å². The Morgan fingerprint density at radius 2 is 1.92 bits per heavy atom. The Morgan fingerprint density at radius 3 is 2.46 bits per heavy atom. The van der Waals surface area contributed by atoms with Crippen molar-refractivity contribution in [3.8, 4) is 0 Å². The normalized spacial score (nSPS) is 11.5. The lowest BCUT2D eigenvalue weighted by molar-refractivity contribution is -0.124. The lowest BCUT2D eigenvalue weighted by Crippen LogP contribution is -2.55. The summed E-state index contributed by atoms with van der Waals surface area (Å²) in [5.74, 6) is -0.544. The lowest BCUT2D eigenvalue weighted by Gasteiger charge is -2.22. The fraction of sp³-hybridized carbons (Fsp3) is 0.438. The highest BCUT2D eigenvalue weighted by Crippen LogP contribution is 2.20. The summed E-state index contributed by atoms with van der Waals surface area (Å²) in [7, 11) is 0. The second-order valence-corrected chi connectivity index (χ2v) is 6.17. The number of amides is 3. The van der Waals surface area contributed by atoms with Gasteiger partial charge in [-0.15, -0.1) is 0 Å². The zero-order valence-electron chi connectivity index (χ0n) is 14.4. The fourth-order valence-electron chi connectivity index (χ4n) is 2.23. The molecule has 0 unspecified atom stereocenters. The highest BCUT2D eigenvalue weighted by molar-refractivity contribution is 7.80. The summed E-state index contributed by atoms with van der Waals surface area (Å²) in [6, 6.07) is 4.48. The number of thiocarbonyl (C=S) groups is 1. The molecule has 0 radical (unpaired) electrons. The van der Waals surface area contributed by atoms with Gasteiger partial charge >= 0.3 is 6.03 Å². The molecule has 0 heterocycles. The van der Waals surface area contributed by atoms with Crippen LogP contribution >= 0.6 is 12.2 Å². The van der Waals surface area contributed by atoms with Crippen LogP contribution in [0.25, 0.3) is 0 Å². The number of nitrogens with one attached hydrogen (secondary N) is 4. The molecule has 1 atom stereocenters. The molecule has 0 fully saturated rings. The van der Waals surface area contributed by atoms with Crippen molar-refractivity contribution in [3.05, 3.63) is 29.3 Å². The van der Waals surface area contributed by atoms with Crippen LogP contribution in [-0.2, 0) is 11.2 Å². The number of para-hydroxylation sites is 1. The third kappa shape index (κ3) is 5.69. The van der Waals surface area contributed by atoms with Gasteiger partial charge in [0, 0.05) is 5.69 Å². The first-order chi connectivity index (χ1) is 11.3. The average molecular weight is 351 g/mol. The van der Waals surface area contributed by atoms with Crippen molar-refractivity contribution < 1.29 is 9.59 Å². The van der Waals surface area contributed by atoms with E-state index < -0.39 is 18.0 Å². The summed E-state index contributed by atoms with van der Waals surface area (Å²) >= 11 is 5.21. The standard InChI is InChI=1S/C16H25N5O2S/c1-5-11-8-6-7-10(4)13(11)19-16(24)21-20-14(22)12(9(2)3)18-15(17)23/h6-9,12H,5H2,1-4H3,(H,20,22)(H3,17,18,23)(H2,19,21,24)/t12-/m0/s1. The first-order valence-corrected chi connectivity index (χ1v) is 8.18. The van der Waals surface area contributed by atoms with Gasteiger partial charge in [0.1, 0.15) is 6.04 Å². The molecule has 0 spiro atoms. The summed E-state index contributed by atoms with van der Waals surface area (Å²) in [4.78, 5) is 23.1. The quantitative estimate of drug-likeness (QED) is 0.409. The minimum absolute atomic E-state index is 0.121. The molecule has 0 saturated carbocycles. The van der Waals surface area contributed by atoms with Crippen LogP contribution < -0.4 is 27.2 Å². The number of hydrazine groups is 1. The zero-order valence-corrected chi connectivity index (χ0v) is 15.2. The van der Waals surface area contributed by atoms with Crippen molar-refractivity contribution in [1.29, 1.82) is 0 Å². The molecule has 3 amide bonds. The molecule has 24 heavy (non-hydrogen) atoms. The van der Waals surface area contributed by atoms with E-state index in [-0.39, 0.29) is 11.0 Å². The van der Waals surface area contributed by atoms with E-state index in [0.29, 0.717) is 0 Å². The second kappa shape index (κ2) is 9.07. The number of aryl methyl sites for hydroxylation is 2. The molecule has 0 aliphatic carbocycles. The Labute approximate surface area is 147 Å². The summed E-state index contributed by atoms with van der Waals surface area (Å²) < 4.78 is 0. The van der Waals surface area contributed by atoms with Crippen molar-refractivity contribution in [2.45, 2.75) is 40.2 Å². The number of urea groups is 1. The van der Waals surface area contributed by atoms with Gasteiger partial charge in [0.15, 0.2) is 5.11 Å². The van der Waals surface area contributed by atoms with Crippen LogP contribution in [0.1, 0.15) is 31.9 Å². The van der Waals surface area contributed by atoms with E-state index >= 15 is 0 Å². The number of primary amides is 1. The Kier molecular flexibility index (Phi) is 7.44. The molecule has 0 saturated heterocycles. The Bertz CT molecular complexity index is 618. The molecule has 1 aromatic rings. The fourth-order valence-corrected chi connectivity index (χ4v) is 2.38. The molecule has 6 N–H and O–H groups in total. The molecule has 0 aromatic heterocycles. The highest BCUT2D eigenvalue weighted by atomic mass is 32.1. The van der Waals surface area contributed by atoms with Gasteiger partial charge in [0.2, 0.25) is 0 Å². The number of anilines is 1. The molecular formula is C16H25N5O2S. The number of hydrogen-bond acceptors (Lipinski definition) is 3.